The third kappa shape index (κ3) is 4.02. The highest BCUT2D eigenvalue weighted by molar-refractivity contribution is 7.17. The minimum absolute atomic E-state index is 0. The lowest BCUT2D eigenvalue weighted by molar-refractivity contribution is 0.206. The quantitative estimate of drug-likeness (QED) is 0.882. The number of nitrogens with two attached hydrogens (primary N) is 1. The molecule has 0 aliphatic carbocycles. The van der Waals surface area contributed by atoms with E-state index >= 15 is 0 Å². The predicted molar refractivity (Wildman–Crippen MR) is 86.7 cm³/mol. The zero-order valence-electron chi connectivity index (χ0n) is 12.0. The van der Waals surface area contributed by atoms with E-state index in [1.54, 1.807) is 0 Å². The standard InChI is InChI=1S/C13H20N4OS.ClH/c1-13(2,7-14)8-17(3)6-10-15-9-4-5-19-11(9)12(18)16-10;/h4-5H,6-8,14H2,1-3H3,(H,15,16,18);1H. The number of nitrogens with one attached hydrogen (secondary N) is 1. The van der Waals surface area contributed by atoms with Gasteiger partial charge in [-0.2, -0.15) is 0 Å². The summed E-state index contributed by atoms with van der Waals surface area (Å²) in [7, 11) is 2.01. The van der Waals surface area contributed by atoms with E-state index in [0.29, 0.717) is 23.6 Å². The minimum atomic E-state index is -0.0542. The maximum absolute atomic E-state index is 11.9. The minimum Gasteiger partial charge on any atom is -0.330 e. The molecule has 2 aromatic heterocycles. The molecule has 2 aromatic rings. The van der Waals surface area contributed by atoms with Crippen LogP contribution in [0.25, 0.3) is 10.2 Å². The maximum atomic E-state index is 11.9. The first kappa shape index (κ1) is 17.1. The summed E-state index contributed by atoms with van der Waals surface area (Å²) >= 11 is 1.42. The van der Waals surface area contributed by atoms with E-state index in [4.69, 9.17) is 5.73 Å². The molecule has 0 atom stereocenters. The van der Waals surface area contributed by atoms with Crippen molar-refractivity contribution in [2.24, 2.45) is 11.1 Å². The lowest BCUT2D eigenvalue weighted by Crippen LogP contribution is -2.36. The molecule has 0 bridgehead atoms. The van der Waals surface area contributed by atoms with Gasteiger partial charge in [-0.1, -0.05) is 13.8 Å². The number of rotatable bonds is 5. The average Bonchev–Trinajstić information content (AvgIpc) is 2.76. The summed E-state index contributed by atoms with van der Waals surface area (Å²) in [5.41, 5.74) is 6.51. The fraction of sp³-hybridized carbons (Fsp3) is 0.538. The summed E-state index contributed by atoms with van der Waals surface area (Å²) in [4.78, 5) is 21.3. The molecule has 112 valence electrons. The Balaban J connectivity index is 0.00000200. The second kappa shape index (κ2) is 6.67. The van der Waals surface area contributed by atoms with Gasteiger partial charge in [0, 0.05) is 6.54 Å². The monoisotopic (exact) mass is 316 g/mol. The van der Waals surface area contributed by atoms with Crippen molar-refractivity contribution in [3.8, 4) is 0 Å². The molecular weight excluding hydrogens is 296 g/mol. The first-order chi connectivity index (χ1) is 8.91. The predicted octanol–water partition coefficient (Wildman–Crippen LogP) is 1.82. The molecule has 2 heterocycles. The van der Waals surface area contributed by atoms with Crippen LogP contribution in [0.1, 0.15) is 19.7 Å². The van der Waals surface area contributed by atoms with Crippen molar-refractivity contribution in [1.82, 2.24) is 14.9 Å². The zero-order chi connectivity index (χ0) is 14.0. The topological polar surface area (TPSA) is 75.0 Å². The van der Waals surface area contributed by atoms with Crippen molar-refractivity contribution in [3.63, 3.8) is 0 Å². The molecule has 0 unspecified atom stereocenters. The van der Waals surface area contributed by atoms with Gasteiger partial charge < -0.3 is 10.7 Å². The largest absolute Gasteiger partial charge is 0.330 e. The summed E-state index contributed by atoms with van der Waals surface area (Å²) in [6.45, 7) is 6.35. The molecule has 3 N–H and O–H groups in total. The Kier molecular flexibility index (Phi) is 5.70. The second-order valence-electron chi connectivity index (χ2n) is 5.69. The number of aromatic amines is 1. The van der Waals surface area contributed by atoms with Gasteiger partial charge in [-0.05, 0) is 30.5 Å². The van der Waals surface area contributed by atoms with E-state index < -0.39 is 0 Å². The smallest absolute Gasteiger partial charge is 0.268 e. The molecule has 0 amide bonds. The molecule has 0 radical (unpaired) electrons. The number of hydrogen-bond donors (Lipinski definition) is 2. The van der Waals surface area contributed by atoms with Crippen LogP contribution in [0.15, 0.2) is 16.2 Å². The highest BCUT2D eigenvalue weighted by Crippen LogP contribution is 2.16. The summed E-state index contributed by atoms with van der Waals surface area (Å²) in [5.74, 6) is 0.700. The Morgan fingerprint density at radius 2 is 2.20 bits per heavy atom. The summed E-state index contributed by atoms with van der Waals surface area (Å²) in [6.07, 6.45) is 0. The van der Waals surface area contributed by atoms with Crippen LogP contribution in [-0.2, 0) is 6.54 Å². The summed E-state index contributed by atoms with van der Waals surface area (Å²) in [5, 5.41) is 1.89. The van der Waals surface area contributed by atoms with E-state index in [0.717, 1.165) is 12.1 Å². The van der Waals surface area contributed by atoms with Crippen LogP contribution >= 0.6 is 23.7 Å². The summed E-state index contributed by atoms with van der Waals surface area (Å²) in [6, 6.07) is 1.88. The van der Waals surface area contributed by atoms with E-state index in [9.17, 15) is 4.79 Å². The molecule has 0 saturated carbocycles. The highest BCUT2D eigenvalue weighted by Gasteiger charge is 2.18. The van der Waals surface area contributed by atoms with Gasteiger partial charge in [0.15, 0.2) is 0 Å². The first-order valence-electron chi connectivity index (χ1n) is 6.26. The average molecular weight is 317 g/mol. The Morgan fingerprint density at radius 1 is 1.50 bits per heavy atom. The lowest BCUT2D eigenvalue weighted by atomic mass is 9.93. The molecule has 20 heavy (non-hydrogen) atoms. The fourth-order valence-electron chi connectivity index (χ4n) is 2.10. The first-order valence-corrected chi connectivity index (χ1v) is 7.14. The van der Waals surface area contributed by atoms with Crippen molar-refractivity contribution in [2.75, 3.05) is 20.1 Å². The third-order valence-corrected chi connectivity index (χ3v) is 3.94. The van der Waals surface area contributed by atoms with Crippen molar-refractivity contribution in [3.05, 3.63) is 27.6 Å². The number of H-pyrrole nitrogens is 1. The summed E-state index contributed by atoms with van der Waals surface area (Å²) < 4.78 is 0.689. The number of halogens is 1. The molecule has 2 rings (SSSR count). The fourth-order valence-corrected chi connectivity index (χ4v) is 2.83. The van der Waals surface area contributed by atoms with Gasteiger partial charge >= 0.3 is 0 Å². The van der Waals surface area contributed by atoms with E-state index in [1.807, 2.05) is 18.5 Å². The van der Waals surface area contributed by atoms with Crippen LogP contribution in [-0.4, -0.2) is 35.0 Å². The molecule has 5 nitrogen and oxygen atoms in total. The van der Waals surface area contributed by atoms with Crippen LogP contribution in [0, 0.1) is 5.41 Å². The molecule has 0 spiro atoms. The van der Waals surface area contributed by atoms with E-state index in [1.165, 1.54) is 11.3 Å². The van der Waals surface area contributed by atoms with Gasteiger partial charge in [0.05, 0.1) is 12.1 Å². The van der Waals surface area contributed by atoms with Gasteiger partial charge in [0.1, 0.15) is 10.5 Å². The zero-order valence-corrected chi connectivity index (χ0v) is 13.6. The Hall–Kier alpha value is -0.950. The van der Waals surface area contributed by atoms with E-state index in [2.05, 4.69) is 28.7 Å². The van der Waals surface area contributed by atoms with Gasteiger partial charge in [0.25, 0.3) is 5.56 Å². The van der Waals surface area contributed by atoms with Gasteiger partial charge in [-0.25, -0.2) is 4.98 Å². The van der Waals surface area contributed by atoms with Crippen LogP contribution in [0.5, 0.6) is 0 Å². The number of hydrogen-bond acceptors (Lipinski definition) is 5. The molecule has 0 fully saturated rings. The van der Waals surface area contributed by atoms with Crippen LogP contribution in [0.2, 0.25) is 0 Å². The molecule has 0 aromatic carbocycles. The third-order valence-electron chi connectivity index (χ3n) is 3.03. The van der Waals surface area contributed by atoms with Gasteiger partial charge in [0.2, 0.25) is 0 Å². The Morgan fingerprint density at radius 3 is 2.85 bits per heavy atom. The number of thiophene rings is 1. The van der Waals surface area contributed by atoms with Crippen molar-refractivity contribution in [2.45, 2.75) is 20.4 Å². The number of nitrogens with zero attached hydrogens (tertiary/aromatic N) is 2. The molecule has 0 aliphatic rings. The number of fused-ring (bicyclic) bond motifs is 1. The van der Waals surface area contributed by atoms with Crippen LogP contribution in [0.3, 0.4) is 0 Å². The lowest BCUT2D eigenvalue weighted by Gasteiger charge is -2.28. The number of aromatic nitrogens is 2. The highest BCUT2D eigenvalue weighted by atomic mass is 35.5. The van der Waals surface area contributed by atoms with Crippen molar-refractivity contribution >= 4 is 34.0 Å². The normalized spacial score (nSPS) is 11.8. The van der Waals surface area contributed by atoms with Gasteiger partial charge in [-0.3, -0.25) is 9.69 Å². The molecule has 0 saturated heterocycles. The van der Waals surface area contributed by atoms with Crippen molar-refractivity contribution < 1.29 is 0 Å². The molecule has 0 aliphatic heterocycles. The van der Waals surface area contributed by atoms with E-state index in [-0.39, 0.29) is 23.4 Å². The van der Waals surface area contributed by atoms with Gasteiger partial charge in [-0.15, -0.1) is 23.7 Å². The van der Waals surface area contributed by atoms with Crippen molar-refractivity contribution in [1.29, 1.82) is 0 Å². The Bertz CT molecular complexity index is 622. The van der Waals surface area contributed by atoms with Crippen LogP contribution in [0.4, 0.5) is 0 Å². The molecule has 7 heteroatoms. The SMILES string of the molecule is CN(Cc1nc2ccsc2c(=O)[nH]1)CC(C)(C)CN.Cl. The second-order valence-corrected chi connectivity index (χ2v) is 6.60. The van der Waals surface area contributed by atoms with Crippen LogP contribution < -0.4 is 11.3 Å². The molecular formula is C13H21ClN4OS. The Labute approximate surface area is 128 Å². The maximum Gasteiger partial charge on any atom is 0.268 e.